The van der Waals surface area contributed by atoms with E-state index in [-0.39, 0.29) is 5.82 Å². The van der Waals surface area contributed by atoms with E-state index >= 15 is 0 Å². The number of aromatic nitrogens is 1. The van der Waals surface area contributed by atoms with Gasteiger partial charge >= 0.3 is 0 Å². The molecule has 2 aromatic rings. The molecule has 0 saturated heterocycles. The van der Waals surface area contributed by atoms with E-state index in [4.69, 9.17) is 4.74 Å². The molecular weight excluding hydrogens is 255 g/mol. The van der Waals surface area contributed by atoms with E-state index in [0.29, 0.717) is 12.4 Å². The van der Waals surface area contributed by atoms with Crippen molar-refractivity contribution in [1.29, 1.82) is 0 Å². The van der Waals surface area contributed by atoms with Crippen LogP contribution in [0, 0.1) is 5.82 Å². The van der Waals surface area contributed by atoms with Crippen LogP contribution in [0.5, 0.6) is 5.88 Å². The molecule has 1 heterocycles. The van der Waals surface area contributed by atoms with E-state index in [2.05, 4.69) is 17.2 Å². The number of nitrogens with one attached hydrogen (secondary N) is 1. The standard InChI is InChI=1S/C16H19FN2O/c1-3-7-18-11-13-4-5-14(17)10-15(13)12-6-8-19-16(9-12)20-2/h4-6,8-10,18H,3,7,11H2,1-2H3. The predicted octanol–water partition coefficient (Wildman–Crippen LogP) is 3.40. The Balaban J connectivity index is 2.34. The van der Waals surface area contributed by atoms with Crippen molar-refractivity contribution in [2.75, 3.05) is 13.7 Å². The summed E-state index contributed by atoms with van der Waals surface area (Å²) in [6.07, 6.45) is 2.74. The lowest BCUT2D eigenvalue weighted by Crippen LogP contribution is -2.14. The fourth-order valence-electron chi connectivity index (χ4n) is 2.06. The average molecular weight is 274 g/mol. The topological polar surface area (TPSA) is 34.2 Å². The third kappa shape index (κ3) is 3.54. The number of methoxy groups -OCH3 is 1. The van der Waals surface area contributed by atoms with Crippen molar-refractivity contribution in [2.24, 2.45) is 0 Å². The molecule has 0 unspecified atom stereocenters. The second-order valence-electron chi connectivity index (χ2n) is 4.57. The van der Waals surface area contributed by atoms with Crippen LogP contribution < -0.4 is 10.1 Å². The zero-order valence-corrected chi connectivity index (χ0v) is 11.8. The highest BCUT2D eigenvalue weighted by molar-refractivity contribution is 5.68. The van der Waals surface area contributed by atoms with E-state index < -0.39 is 0 Å². The Morgan fingerprint density at radius 1 is 1.25 bits per heavy atom. The molecule has 0 aliphatic heterocycles. The Morgan fingerprint density at radius 2 is 2.10 bits per heavy atom. The van der Waals surface area contributed by atoms with E-state index in [1.165, 1.54) is 6.07 Å². The molecule has 0 amide bonds. The number of ether oxygens (including phenoxy) is 1. The van der Waals surface area contributed by atoms with Crippen LogP contribution in [0.3, 0.4) is 0 Å². The zero-order chi connectivity index (χ0) is 14.4. The number of hydrogen-bond acceptors (Lipinski definition) is 3. The third-order valence-corrected chi connectivity index (χ3v) is 3.07. The van der Waals surface area contributed by atoms with Gasteiger partial charge in [-0.25, -0.2) is 9.37 Å². The maximum absolute atomic E-state index is 13.5. The van der Waals surface area contributed by atoms with Gasteiger partial charge in [-0.2, -0.15) is 0 Å². The first-order chi connectivity index (χ1) is 9.74. The summed E-state index contributed by atoms with van der Waals surface area (Å²) in [4.78, 5) is 4.08. The molecule has 1 aromatic carbocycles. The molecule has 2 rings (SSSR count). The summed E-state index contributed by atoms with van der Waals surface area (Å²) in [6.45, 7) is 3.77. The van der Waals surface area contributed by atoms with Gasteiger partial charge in [-0.15, -0.1) is 0 Å². The molecule has 106 valence electrons. The summed E-state index contributed by atoms with van der Waals surface area (Å²) in [7, 11) is 1.57. The van der Waals surface area contributed by atoms with Gasteiger partial charge in [-0.05, 0) is 47.9 Å². The van der Waals surface area contributed by atoms with Gasteiger partial charge in [0.2, 0.25) is 5.88 Å². The number of benzene rings is 1. The maximum atomic E-state index is 13.5. The van der Waals surface area contributed by atoms with Crippen molar-refractivity contribution in [3.63, 3.8) is 0 Å². The molecule has 3 nitrogen and oxygen atoms in total. The van der Waals surface area contributed by atoms with Gasteiger partial charge in [-0.1, -0.05) is 13.0 Å². The van der Waals surface area contributed by atoms with Crippen molar-refractivity contribution in [2.45, 2.75) is 19.9 Å². The normalized spacial score (nSPS) is 10.6. The molecule has 0 radical (unpaired) electrons. The van der Waals surface area contributed by atoms with E-state index in [9.17, 15) is 4.39 Å². The molecular formula is C16H19FN2O. The average Bonchev–Trinajstić information content (AvgIpc) is 2.49. The summed E-state index contributed by atoms with van der Waals surface area (Å²) in [5.41, 5.74) is 2.84. The lowest BCUT2D eigenvalue weighted by Gasteiger charge is -2.11. The highest BCUT2D eigenvalue weighted by Crippen LogP contribution is 2.26. The van der Waals surface area contributed by atoms with Gasteiger partial charge in [0.05, 0.1) is 7.11 Å². The zero-order valence-electron chi connectivity index (χ0n) is 11.8. The molecule has 0 saturated carbocycles. The third-order valence-electron chi connectivity index (χ3n) is 3.07. The van der Waals surface area contributed by atoms with Crippen LogP contribution in [0.25, 0.3) is 11.1 Å². The monoisotopic (exact) mass is 274 g/mol. The summed E-state index contributed by atoms with van der Waals surface area (Å²) >= 11 is 0. The Kier molecular flexibility index (Phi) is 5.07. The second-order valence-corrected chi connectivity index (χ2v) is 4.57. The molecule has 0 atom stereocenters. The first kappa shape index (κ1) is 14.5. The molecule has 0 fully saturated rings. The fraction of sp³-hybridized carbons (Fsp3) is 0.312. The minimum absolute atomic E-state index is 0.241. The van der Waals surface area contributed by atoms with E-state index in [1.54, 1.807) is 19.4 Å². The Hall–Kier alpha value is -1.94. The highest BCUT2D eigenvalue weighted by atomic mass is 19.1. The lowest BCUT2D eigenvalue weighted by atomic mass is 10.00. The first-order valence-electron chi connectivity index (χ1n) is 6.74. The van der Waals surface area contributed by atoms with Crippen molar-refractivity contribution >= 4 is 0 Å². The van der Waals surface area contributed by atoms with Crippen molar-refractivity contribution in [3.05, 3.63) is 47.9 Å². The molecule has 0 bridgehead atoms. The summed E-state index contributed by atoms with van der Waals surface area (Å²) in [5.74, 6) is 0.286. The predicted molar refractivity (Wildman–Crippen MR) is 78.2 cm³/mol. The molecule has 1 N–H and O–H groups in total. The van der Waals surface area contributed by atoms with Crippen LogP contribution >= 0.6 is 0 Å². The molecule has 0 spiro atoms. The van der Waals surface area contributed by atoms with Gasteiger partial charge in [0, 0.05) is 18.8 Å². The summed E-state index contributed by atoms with van der Waals surface area (Å²) in [6, 6.07) is 8.54. The SMILES string of the molecule is CCCNCc1ccc(F)cc1-c1ccnc(OC)c1. The number of nitrogens with zero attached hydrogens (tertiary/aromatic N) is 1. The second kappa shape index (κ2) is 7.01. The van der Waals surface area contributed by atoms with Crippen LogP contribution in [0.1, 0.15) is 18.9 Å². The van der Waals surface area contributed by atoms with Crippen molar-refractivity contribution in [1.82, 2.24) is 10.3 Å². The van der Waals surface area contributed by atoms with Crippen LogP contribution in [-0.2, 0) is 6.54 Å². The Morgan fingerprint density at radius 3 is 2.85 bits per heavy atom. The molecule has 0 aliphatic rings. The minimum Gasteiger partial charge on any atom is -0.481 e. The van der Waals surface area contributed by atoms with Gasteiger partial charge in [0.1, 0.15) is 5.82 Å². The van der Waals surface area contributed by atoms with Crippen molar-refractivity contribution in [3.8, 4) is 17.0 Å². The number of rotatable bonds is 6. The molecule has 1 aromatic heterocycles. The van der Waals surface area contributed by atoms with Crippen LogP contribution in [0.2, 0.25) is 0 Å². The van der Waals surface area contributed by atoms with Gasteiger partial charge in [0.25, 0.3) is 0 Å². The molecule has 20 heavy (non-hydrogen) atoms. The first-order valence-corrected chi connectivity index (χ1v) is 6.74. The summed E-state index contributed by atoms with van der Waals surface area (Å²) < 4.78 is 18.7. The maximum Gasteiger partial charge on any atom is 0.213 e. The van der Waals surface area contributed by atoms with Gasteiger partial charge in [-0.3, -0.25) is 0 Å². The van der Waals surface area contributed by atoms with Crippen LogP contribution in [0.15, 0.2) is 36.5 Å². The minimum atomic E-state index is -0.241. The largest absolute Gasteiger partial charge is 0.481 e. The lowest BCUT2D eigenvalue weighted by molar-refractivity contribution is 0.398. The Bertz CT molecular complexity index is 572. The Labute approximate surface area is 118 Å². The molecule has 0 aliphatic carbocycles. The van der Waals surface area contributed by atoms with E-state index in [1.807, 2.05) is 18.2 Å². The van der Waals surface area contributed by atoms with Gasteiger partial charge < -0.3 is 10.1 Å². The molecule has 4 heteroatoms. The number of pyridine rings is 1. The number of halogens is 1. The highest BCUT2D eigenvalue weighted by Gasteiger charge is 2.08. The van der Waals surface area contributed by atoms with Crippen molar-refractivity contribution < 1.29 is 9.13 Å². The smallest absolute Gasteiger partial charge is 0.213 e. The van der Waals surface area contributed by atoms with Gasteiger partial charge in [0.15, 0.2) is 0 Å². The van der Waals surface area contributed by atoms with Crippen LogP contribution in [0.4, 0.5) is 4.39 Å². The summed E-state index contributed by atoms with van der Waals surface area (Å²) in [5, 5.41) is 3.34. The quantitative estimate of drug-likeness (QED) is 0.820. The fourth-order valence-corrected chi connectivity index (χ4v) is 2.06. The van der Waals surface area contributed by atoms with E-state index in [0.717, 1.165) is 29.7 Å². The number of hydrogen-bond donors (Lipinski definition) is 1. The van der Waals surface area contributed by atoms with Crippen LogP contribution in [-0.4, -0.2) is 18.6 Å².